The molecule has 2 rings (SSSR count). The summed E-state index contributed by atoms with van der Waals surface area (Å²) < 4.78 is 0. The van der Waals surface area contributed by atoms with E-state index in [4.69, 9.17) is 4.99 Å². The van der Waals surface area contributed by atoms with Crippen LogP contribution in [0, 0.1) is 0 Å². The maximum absolute atomic E-state index is 4.76. The van der Waals surface area contributed by atoms with Gasteiger partial charge in [-0.1, -0.05) is 20.3 Å². The van der Waals surface area contributed by atoms with Crippen molar-refractivity contribution < 1.29 is 0 Å². The van der Waals surface area contributed by atoms with E-state index >= 15 is 0 Å². The predicted molar refractivity (Wildman–Crippen MR) is 108 cm³/mol. The summed E-state index contributed by atoms with van der Waals surface area (Å²) in [6, 6.07) is 0.562. The molecule has 1 saturated carbocycles. The van der Waals surface area contributed by atoms with E-state index in [9.17, 15) is 0 Å². The van der Waals surface area contributed by atoms with Crippen molar-refractivity contribution in [2.45, 2.75) is 70.6 Å². The van der Waals surface area contributed by atoms with Gasteiger partial charge in [0.2, 0.25) is 0 Å². The fraction of sp³-hybridized carbons (Fsp3) is 0.778. The van der Waals surface area contributed by atoms with Crippen LogP contribution in [0.2, 0.25) is 0 Å². The van der Waals surface area contributed by atoms with Crippen molar-refractivity contribution in [2.24, 2.45) is 4.99 Å². The zero-order valence-electron chi connectivity index (χ0n) is 15.3. The Hall–Kier alpha value is -0.750. The highest BCUT2D eigenvalue weighted by atomic mass is 32.2. The van der Waals surface area contributed by atoms with E-state index in [0.29, 0.717) is 6.04 Å². The molecular formula is C18H32N4S2. The number of hydrogen-bond acceptors (Lipinski definition) is 4. The van der Waals surface area contributed by atoms with Gasteiger partial charge in [-0.05, 0) is 38.4 Å². The van der Waals surface area contributed by atoms with E-state index in [1.807, 2.05) is 17.5 Å². The van der Waals surface area contributed by atoms with Crippen LogP contribution in [0.25, 0.3) is 0 Å². The number of aromatic nitrogens is 1. The minimum absolute atomic E-state index is 0.562. The average Bonchev–Trinajstić information content (AvgIpc) is 3.04. The number of nitrogens with zero attached hydrogens (tertiary/aromatic N) is 2. The smallest absolute Gasteiger partial charge is 0.191 e. The van der Waals surface area contributed by atoms with E-state index in [-0.39, 0.29) is 0 Å². The highest BCUT2D eigenvalue weighted by Crippen LogP contribution is 2.28. The molecule has 1 aliphatic carbocycles. The predicted octanol–water partition coefficient (Wildman–Crippen LogP) is 3.87. The summed E-state index contributed by atoms with van der Waals surface area (Å²) in [5.74, 6) is 2.19. The Morgan fingerprint density at radius 3 is 2.96 bits per heavy atom. The van der Waals surface area contributed by atoms with Crippen LogP contribution in [0.5, 0.6) is 0 Å². The second-order valence-corrected chi connectivity index (χ2v) is 8.95. The molecule has 1 heterocycles. The molecule has 1 aromatic rings. The molecule has 0 amide bonds. The Morgan fingerprint density at radius 2 is 2.25 bits per heavy atom. The lowest BCUT2D eigenvalue weighted by Gasteiger charge is -2.30. The molecule has 4 nitrogen and oxygen atoms in total. The van der Waals surface area contributed by atoms with Gasteiger partial charge in [0.25, 0.3) is 0 Å². The molecule has 0 radical (unpaired) electrons. The molecule has 0 aliphatic heterocycles. The molecule has 0 aromatic carbocycles. The number of aryl methyl sites for hydroxylation is 1. The first-order valence-corrected chi connectivity index (χ1v) is 11.2. The summed E-state index contributed by atoms with van der Waals surface area (Å²) in [4.78, 5) is 10.6. The van der Waals surface area contributed by atoms with Crippen LogP contribution in [-0.4, -0.2) is 41.1 Å². The van der Waals surface area contributed by atoms with Gasteiger partial charge in [0.05, 0.1) is 5.01 Å². The highest BCUT2D eigenvalue weighted by molar-refractivity contribution is 7.99. The third-order valence-electron chi connectivity index (χ3n) is 4.26. The largest absolute Gasteiger partial charge is 0.357 e. The summed E-state index contributed by atoms with van der Waals surface area (Å²) in [5.41, 5.74) is 0. The lowest BCUT2D eigenvalue weighted by molar-refractivity contribution is 0.419. The average molecular weight is 369 g/mol. The van der Waals surface area contributed by atoms with Gasteiger partial charge in [-0.15, -0.1) is 11.3 Å². The molecular weight excluding hydrogens is 336 g/mol. The first kappa shape index (κ1) is 19.6. The Kier molecular flexibility index (Phi) is 8.95. The number of hydrogen-bond donors (Lipinski definition) is 2. The number of rotatable bonds is 8. The molecule has 24 heavy (non-hydrogen) atoms. The van der Waals surface area contributed by atoms with Crippen LogP contribution in [-0.2, 0) is 12.8 Å². The van der Waals surface area contributed by atoms with Crippen LogP contribution in [0.1, 0.15) is 56.3 Å². The van der Waals surface area contributed by atoms with Gasteiger partial charge < -0.3 is 10.6 Å². The minimum atomic E-state index is 0.562. The van der Waals surface area contributed by atoms with E-state index in [2.05, 4.69) is 48.2 Å². The summed E-state index contributed by atoms with van der Waals surface area (Å²) in [6.45, 7) is 8.27. The van der Waals surface area contributed by atoms with Crippen molar-refractivity contribution in [3.8, 4) is 0 Å². The van der Waals surface area contributed by atoms with E-state index in [1.165, 1.54) is 41.3 Å². The van der Waals surface area contributed by atoms with Crippen molar-refractivity contribution in [3.63, 3.8) is 0 Å². The Morgan fingerprint density at radius 1 is 1.38 bits per heavy atom. The molecule has 1 fully saturated rings. The SMILES string of the molecule is CCNC(=NCCc1ncc(CC)s1)NC1CCCC(SCC)C1. The lowest BCUT2D eigenvalue weighted by atomic mass is 9.95. The third kappa shape index (κ3) is 6.63. The molecule has 0 bridgehead atoms. The quantitative estimate of drug-likeness (QED) is 0.540. The first-order chi connectivity index (χ1) is 11.7. The van der Waals surface area contributed by atoms with Crippen LogP contribution < -0.4 is 10.6 Å². The van der Waals surface area contributed by atoms with Gasteiger partial charge in [-0.25, -0.2) is 4.98 Å². The normalized spacial score (nSPS) is 21.7. The van der Waals surface area contributed by atoms with Crippen LogP contribution in [0.4, 0.5) is 0 Å². The summed E-state index contributed by atoms with van der Waals surface area (Å²) in [6.07, 6.45) is 9.22. The molecule has 2 N–H and O–H groups in total. The maximum atomic E-state index is 4.76. The van der Waals surface area contributed by atoms with Crippen LogP contribution in [0.15, 0.2) is 11.2 Å². The number of guanidine groups is 1. The van der Waals surface area contributed by atoms with E-state index in [0.717, 1.165) is 37.1 Å². The van der Waals surface area contributed by atoms with Crippen molar-refractivity contribution in [2.75, 3.05) is 18.8 Å². The third-order valence-corrected chi connectivity index (χ3v) is 6.69. The molecule has 2 atom stereocenters. The van der Waals surface area contributed by atoms with Gasteiger partial charge >= 0.3 is 0 Å². The minimum Gasteiger partial charge on any atom is -0.357 e. The lowest BCUT2D eigenvalue weighted by Crippen LogP contribution is -2.45. The monoisotopic (exact) mass is 368 g/mol. The molecule has 6 heteroatoms. The molecule has 1 aliphatic rings. The number of thioether (sulfide) groups is 1. The second-order valence-electron chi connectivity index (χ2n) is 6.17. The summed E-state index contributed by atoms with van der Waals surface area (Å²) in [5, 5.41) is 9.06. The van der Waals surface area contributed by atoms with Gasteiger partial charge in [-0.3, -0.25) is 4.99 Å². The summed E-state index contributed by atoms with van der Waals surface area (Å²) in [7, 11) is 0. The number of nitrogens with one attached hydrogen (secondary N) is 2. The Balaban J connectivity index is 1.83. The van der Waals surface area contributed by atoms with Crippen LogP contribution >= 0.6 is 23.1 Å². The fourth-order valence-electron chi connectivity index (χ4n) is 3.07. The van der Waals surface area contributed by atoms with Gasteiger partial charge in [0, 0.05) is 41.9 Å². The highest BCUT2D eigenvalue weighted by Gasteiger charge is 2.22. The van der Waals surface area contributed by atoms with Crippen molar-refractivity contribution in [1.29, 1.82) is 0 Å². The molecule has 1 aromatic heterocycles. The topological polar surface area (TPSA) is 49.3 Å². The molecule has 0 saturated heterocycles. The standard InChI is InChI=1S/C18H32N4S2/c1-4-15-13-21-17(24-15)10-11-20-18(19-5-2)22-14-8-7-9-16(12-14)23-6-3/h13-14,16H,4-12H2,1-3H3,(H2,19,20,22). The second kappa shape index (κ2) is 11.0. The van der Waals surface area contributed by atoms with Gasteiger partial charge in [0.1, 0.15) is 0 Å². The maximum Gasteiger partial charge on any atom is 0.191 e. The van der Waals surface area contributed by atoms with Crippen LogP contribution in [0.3, 0.4) is 0 Å². The van der Waals surface area contributed by atoms with Crippen molar-refractivity contribution >= 4 is 29.1 Å². The number of thiazole rings is 1. The molecule has 136 valence electrons. The Bertz CT molecular complexity index is 499. The fourth-order valence-corrected chi connectivity index (χ4v) is 5.09. The first-order valence-electron chi connectivity index (χ1n) is 9.35. The van der Waals surface area contributed by atoms with Crippen molar-refractivity contribution in [1.82, 2.24) is 15.6 Å². The molecule has 0 spiro atoms. The summed E-state index contributed by atoms with van der Waals surface area (Å²) >= 11 is 3.92. The zero-order valence-corrected chi connectivity index (χ0v) is 16.9. The van der Waals surface area contributed by atoms with Crippen molar-refractivity contribution in [3.05, 3.63) is 16.1 Å². The van der Waals surface area contributed by atoms with E-state index < -0.39 is 0 Å². The Labute approximate surface area is 155 Å². The van der Waals surface area contributed by atoms with Gasteiger partial charge in [-0.2, -0.15) is 11.8 Å². The zero-order chi connectivity index (χ0) is 17.2. The van der Waals surface area contributed by atoms with Gasteiger partial charge in [0.15, 0.2) is 5.96 Å². The number of aliphatic imine (C=N–C) groups is 1. The molecule has 2 unspecified atom stereocenters. The van der Waals surface area contributed by atoms with E-state index in [1.54, 1.807) is 0 Å².